The van der Waals surface area contributed by atoms with E-state index in [1.807, 2.05) is 37.3 Å². The number of hydrogen-bond acceptors (Lipinski definition) is 7. The molecule has 3 aromatic rings. The quantitative estimate of drug-likeness (QED) is 0.298. The minimum Gasteiger partial charge on any atom is -0.385 e. The van der Waals surface area contributed by atoms with E-state index in [0.29, 0.717) is 46.0 Å². The van der Waals surface area contributed by atoms with E-state index in [4.69, 9.17) is 17.0 Å². The minimum absolute atomic E-state index is 0.214. The summed E-state index contributed by atoms with van der Waals surface area (Å²) >= 11 is 6.68. The summed E-state index contributed by atoms with van der Waals surface area (Å²) < 4.78 is 7.04. The van der Waals surface area contributed by atoms with Crippen LogP contribution in [0, 0.1) is 6.92 Å². The van der Waals surface area contributed by atoms with Gasteiger partial charge < -0.3 is 10.1 Å². The Balaban J connectivity index is 1.67. The van der Waals surface area contributed by atoms with E-state index in [1.54, 1.807) is 36.4 Å². The molecule has 3 heterocycles. The Morgan fingerprint density at radius 1 is 1.18 bits per heavy atom. The Hall–Kier alpha value is -3.01. The third-order valence-corrected chi connectivity index (χ3v) is 6.57. The molecule has 9 heteroatoms. The van der Waals surface area contributed by atoms with Crippen LogP contribution in [-0.2, 0) is 16.1 Å². The number of nitrogens with one attached hydrogen (secondary N) is 1. The van der Waals surface area contributed by atoms with Crippen molar-refractivity contribution in [1.82, 2.24) is 14.3 Å². The standard InChI is InChI=1S/C24H24N4O3S2/c1-16-7-9-17(10-8-16)15-28-23(30)19(33-24(28)32)14-18-21(25-11-5-13-31-2)26-20-6-3-4-12-27(20)22(18)29/h3-4,6-10,12,14,25H,5,11,13,15H2,1-2H3/b19-14-. The monoisotopic (exact) mass is 480 g/mol. The number of amides is 1. The predicted octanol–water partition coefficient (Wildman–Crippen LogP) is 3.85. The number of benzene rings is 1. The first-order valence-electron chi connectivity index (χ1n) is 10.5. The van der Waals surface area contributed by atoms with Crippen molar-refractivity contribution < 1.29 is 9.53 Å². The summed E-state index contributed by atoms with van der Waals surface area (Å²) in [6.45, 7) is 3.58. The Morgan fingerprint density at radius 3 is 2.73 bits per heavy atom. The van der Waals surface area contributed by atoms with Gasteiger partial charge in [-0.25, -0.2) is 4.98 Å². The lowest BCUT2D eigenvalue weighted by Gasteiger charge is -2.14. The first-order valence-corrected chi connectivity index (χ1v) is 11.8. The lowest BCUT2D eigenvalue weighted by Crippen LogP contribution is -2.27. The van der Waals surface area contributed by atoms with Gasteiger partial charge >= 0.3 is 0 Å². The number of thioether (sulfide) groups is 1. The van der Waals surface area contributed by atoms with Crippen LogP contribution >= 0.6 is 24.0 Å². The molecule has 1 fully saturated rings. The van der Waals surface area contributed by atoms with Gasteiger partial charge in [0.15, 0.2) is 0 Å². The third-order valence-electron chi connectivity index (χ3n) is 5.20. The molecule has 0 radical (unpaired) electrons. The van der Waals surface area contributed by atoms with Crippen molar-refractivity contribution in [3.8, 4) is 0 Å². The molecule has 7 nitrogen and oxygen atoms in total. The fourth-order valence-electron chi connectivity index (χ4n) is 3.43. The number of hydrogen-bond donors (Lipinski definition) is 1. The molecule has 0 bridgehead atoms. The van der Waals surface area contributed by atoms with Gasteiger partial charge in [0.25, 0.3) is 11.5 Å². The topological polar surface area (TPSA) is 75.9 Å². The van der Waals surface area contributed by atoms with Crippen LogP contribution < -0.4 is 10.9 Å². The number of methoxy groups -OCH3 is 1. The van der Waals surface area contributed by atoms with Crippen molar-refractivity contribution in [1.29, 1.82) is 0 Å². The summed E-state index contributed by atoms with van der Waals surface area (Å²) in [5.41, 5.74) is 2.75. The molecule has 1 amide bonds. The van der Waals surface area contributed by atoms with Gasteiger partial charge in [-0.3, -0.25) is 18.9 Å². The first-order chi connectivity index (χ1) is 16.0. The average Bonchev–Trinajstić information content (AvgIpc) is 3.07. The molecule has 1 saturated heterocycles. The zero-order chi connectivity index (χ0) is 23.4. The van der Waals surface area contributed by atoms with E-state index < -0.39 is 0 Å². The second-order valence-electron chi connectivity index (χ2n) is 7.63. The van der Waals surface area contributed by atoms with Crippen LogP contribution in [0.15, 0.2) is 58.4 Å². The van der Waals surface area contributed by atoms with Crippen LogP contribution in [-0.4, -0.2) is 44.8 Å². The van der Waals surface area contributed by atoms with Gasteiger partial charge in [0, 0.05) is 26.5 Å². The summed E-state index contributed by atoms with van der Waals surface area (Å²) in [5.74, 6) is 0.222. The minimum atomic E-state index is -0.251. The summed E-state index contributed by atoms with van der Waals surface area (Å²) in [6.07, 6.45) is 4.02. The van der Waals surface area contributed by atoms with Gasteiger partial charge in [-0.05, 0) is 37.1 Å². The number of anilines is 1. The third kappa shape index (κ3) is 5.16. The predicted molar refractivity (Wildman–Crippen MR) is 136 cm³/mol. The van der Waals surface area contributed by atoms with Gasteiger partial charge in [0.2, 0.25) is 0 Å². The molecule has 33 heavy (non-hydrogen) atoms. The normalized spacial score (nSPS) is 15.1. The molecule has 1 aliphatic rings. The van der Waals surface area contributed by atoms with E-state index in [0.717, 1.165) is 17.5 Å². The first kappa shape index (κ1) is 23.2. The van der Waals surface area contributed by atoms with Crippen LogP contribution in [0.1, 0.15) is 23.1 Å². The summed E-state index contributed by atoms with van der Waals surface area (Å²) in [6, 6.07) is 13.3. The molecule has 0 atom stereocenters. The molecule has 0 aliphatic carbocycles. The molecule has 1 aromatic carbocycles. The summed E-state index contributed by atoms with van der Waals surface area (Å²) in [4.78, 5) is 33.0. The molecule has 0 spiro atoms. The van der Waals surface area contributed by atoms with Crippen LogP contribution in [0.25, 0.3) is 11.7 Å². The van der Waals surface area contributed by atoms with Crippen molar-refractivity contribution >= 4 is 51.7 Å². The van der Waals surface area contributed by atoms with Crippen molar-refractivity contribution in [2.24, 2.45) is 0 Å². The van der Waals surface area contributed by atoms with E-state index in [1.165, 1.54) is 16.2 Å². The number of nitrogens with zero attached hydrogens (tertiary/aromatic N) is 3. The highest BCUT2D eigenvalue weighted by Crippen LogP contribution is 2.34. The Kier molecular flexibility index (Phi) is 7.22. The Morgan fingerprint density at radius 2 is 1.97 bits per heavy atom. The van der Waals surface area contributed by atoms with Gasteiger partial charge in [-0.2, -0.15) is 0 Å². The number of aromatic nitrogens is 2. The fraction of sp³-hybridized carbons (Fsp3) is 0.250. The van der Waals surface area contributed by atoms with E-state index in [2.05, 4.69) is 10.3 Å². The highest BCUT2D eigenvalue weighted by molar-refractivity contribution is 8.26. The number of pyridine rings is 1. The highest BCUT2D eigenvalue weighted by atomic mass is 32.2. The van der Waals surface area contributed by atoms with Gasteiger partial charge in [0.05, 0.1) is 17.0 Å². The average molecular weight is 481 g/mol. The number of carbonyl (C=O) groups is 1. The summed E-state index contributed by atoms with van der Waals surface area (Å²) in [7, 11) is 1.64. The largest absolute Gasteiger partial charge is 0.385 e. The molecule has 0 saturated carbocycles. The number of aryl methyl sites for hydroxylation is 1. The van der Waals surface area contributed by atoms with E-state index in [-0.39, 0.29) is 11.5 Å². The van der Waals surface area contributed by atoms with Crippen LogP contribution in [0.2, 0.25) is 0 Å². The molecule has 2 aromatic heterocycles. The molecule has 4 rings (SSSR count). The molecule has 0 unspecified atom stereocenters. The van der Waals surface area contributed by atoms with Gasteiger partial charge in [-0.15, -0.1) is 0 Å². The lowest BCUT2D eigenvalue weighted by molar-refractivity contribution is -0.122. The second kappa shape index (κ2) is 10.3. The maximum atomic E-state index is 13.3. The smallest absolute Gasteiger partial charge is 0.267 e. The van der Waals surface area contributed by atoms with Crippen molar-refractivity contribution in [3.05, 3.63) is 80.6 Å². The number of carbonyl (C=O) groups excluding carboxylic acids is 1. The number of rotatable bonds is 8. The second-order valence-corrected chi connectivity index (χ2v) is 9.31. The maximum absolute atomic E-state index is 13.3. The zero-order valence-electron chi connectivity index (χ0n) is 18.4. The zero-order valence-corrected chi connectivity index (χ0v) is 20.0. The molecule has 1 N–H and O–H groups in total. The molecule has 1 aliphatic heterocycles. The van der Waals surface area contributed by atoms with Crippen molar-refractivity contribution in [2.45, 2.75) is 19.9 Å². The molecule has 170 valence electrons. The van der Waals surface area contributed by atoms with Crippen LogP contribution in [0.3, 0.4) is 0 Å². The number of thiocarbonyl (C=S) groups is 1. The number of ether oxygens (including phenoxy) is 1. The molecular formula is C24H24N4O3S2. The van der Waals surface area contributed by atoms with E-state index >= 15 is 0 Å². The lowest BCUT2D eigenvalue weighted by atomic mass is 10.1. The van der Waals surface area contributed by atoms with Crippen LogP contribution in [0.5, 0.6) is 0 Å². The SMILES string of the molecule is COCCCNc1nc2ccccn2c(=O)c1/C=C1\SC(=S)N(Cc2ccc(C)cc2)C1=O. The molecular weight excluding hydrogens is 456 g/mol. The van der Waals surface area contributed by atoms with Crippen molar-refractivity contribution in [2.75, 3.05) is 25.6 Å². The fourth-order valence-corrected chi connectivity index (χ4v) is 4.67. The maximum Gasteiger partial charge on any atom is 0.267 e. The van der Waals surface area contributed by atoms with Gasteiger partial charge in [0.1, 0.15) is 15.8 Å². The van der Waals surface area contributed by atoms with Crippen LogP contribution in [0.4, 0.5) is 5.82 Å². The van der Waals surface area contributed by atoms with Gasteiger partial charge in [-0.1, -0.05) is 59.9 Å². The van der Waals surface area contributed by atoms with E-state index in [9.17, 15) is 9.59 Å². The highest BCUT2D eigenvalue weighted by Gasteiger charge is 2.32. The van der Waals surface area contributed by atoms with Crippen molar-refractivity contribution in [3.63, 3.8) is 0 Å². The Bertz CT molecular complexity index is 1290. The number of fused-ring (bicyclic) bond motifs is 1. The Labute approximate surface area is 201 Å². The summed E-state index contributed by atoms with van der Waals surface area (Å²) in [5, 5.41) is 3.22.